The van der Waals surface area contributed by atoms with Crippen molar-refractivity contribution in [3.8, 4) is 5.75 Å². The fraction of sp³-hybridized carbons (Fsp3) is 0.333. The summed E-state index contributed by atoms with van der Waals surface area (Å²) in [6.07, 6.45) is 0.302. The van der Waals surface area contributed by atoms with E-state index in [1.54, 1.807) is 0 Å². The Hall–Kier alpha value is -2.86. The number of carbonyl (C=O) groups is 2. The second-order valence-electron chi connectivity index (χ2n) is 8.20. The smallest absolute Gasteiger partial charge is 0.257 e. The molecule has 2 rings (SSSR count). The van der Waals surface area contributed by atoms with E-state index in [9.17, 15) is 14.0 Å². The molecule has 0 fully saturated rings. The van der Waals surface area contributed by atoms with Crippen LogP contribution in [0.15, 0.2) is 54.6 Å². The summed E-state index contributed by atoms with van der Waals surface area (Å²) in [5.74, 6) is -1.06. The molecule has 2 amide bonds. The van der Waals surface area contributed by atoms with E-state index in [0.29, 0.717) is 18.5 Å². The first-order valence-electron chi connectivity index (χ1n) is 9.96. The molecule has 0 saturated heterocycles. The van der Waals surface area contributed by atoms with Gasteiger partial charge in [-0.15, -0.1) is 0 Å². The molecule has 0 aromatic heterocycles. The predicted molar refractivity (Wildman–Crippen MR) is 121 cm³/mol. The van der Waals surface area contributed by atoms with E-state index in [1.165, 1.54) is 17.7 Å². The molecule has 0 bridgehead atoms. The lowest BCUT2D eigenvalue weighted by Crippen LogP contribution is -2.31. The molecule has 31 heavy (non-hydrogen) atoms. The van der Waals surface area contributed by atoms with Gasteiger partial charge in [0.25, 0.3) is 5.91 Å². The molecule has 2 aromatic rings. The van der Waals surface area contributed by atoms with Crippen LogP contribution < -0.4 is 15.4 Å². The van der Waals surface area contributed by atoms with Crippen molar-refractivity contribution in [3.63, 3.8) is 0 Å². The average Bonchev–Trinajstić information content (AvgIpc) is 2.72. The molecule has 0 spiro atoms. The number of hydrogen-bond donors (Lipinski definition) is 2. The highest BCUT2D eigenvalue weighted by Crippen LogP contribution is 2.22. The van der Waals surface area contributed by atoms with Gasteiger partial charge in [0.15, 0.2) is 6.61 Å². The van der Waals surface area contributed by atoms with Crippen LogP contribution in [0.1, 0.15) is 38.3 Å². The first kappa shape index (κ1) is 24.4. The maximum absolute atomic E-state index is 13.3. The number of benzene rings is 2. The average molecular weight is 447 g/mol. The number of carbonyl (C=O) groups excluding carboxylic acids is 2. The summed E-state index contributed by atoms with van der Waals surface area (Å²) >= 11 is 5.60. The molecular formula is C24H28ClFN2O3. The van der Waals surface area contributed by atoms with Crippen LogP contribution in [0, 0.1) is 5.82 Å². The van der Waals surface area contributed by atoms with E-state index in [4.69, 9.17) is 16.3 Å². The molecule has 0 radical (unpaired) electrons. The number of nitrogens with one attached hydrogen (secondary N) is 2. The van der Waals surface area contributed by atoms with E-state index in [0.717, 1.165) is 11.6 Å². The van der Waals surface area contributed by atoms with Crippen molar-refractivity contribution < 1.29 is 18.7 Å². The highest BCUT2D eigenvalue weighted by Gasteiger charge is 2.13. The lowest BCUT2D eigenvalue weighted by atomic mass is 9.87. The highest BCUT2D eigenvalue weighted by atomic mass is 35.5. The van der Waals surface area contributed by atoms with Gasteiger partial charge >= 0.3 is 0 Å². The maximum atomic E-state index is 13.3. The zero-order valence-electron chi connectivity index (χ0n) is 18.1. The van der Waals surface area contributed by atoms with E-state index in [1.807, 2.05) is 12.1 Å². The molecule has 0 saturated carbocycles. The lowest BCUT2D eigenvalue weighted by molar-refractivity contribution is -0.123. The SMILES string of the molecule is C=C(CCNC(=O)COc1ccc(Cl)c(F)c1)C(=O)NCc1ccc(C(C)(C)C)cc1. The number of ether oxygens (including phenoxy) is 1. The lowest BCUT2D eigenvalue weighted by Gasteiger charge is -2.19. The third-order valence-corrected chi connectivity index (χ3v) is 4.91. The number of amides is 2. The van der Waals surface area contributed by atoms with Crippen molar-refractivity contribution in [3.05, 3.63) is 76.6 Å². The largest absolute Gasteiger partial charge is 0.484 e. The van der Waals surface area contributed by atoms with Gasteiger partial charge in [0.1, 0.15) is 11.6 Å². The summed E-state index contributed by atoms with van der Waals surface area (Å²) in [4.78, 5) is 24.0. The first-order chi connectivity index (χ1) is 14.6. The summed E-state index contributed by atoms with van der Waals surface area (Å²) in [5.41, 5.74) is 2.68. The van der Waals surface area contributed by atoms with E-state index < -0.39 is 5.82 Å². The van der Waals surface area contributed by atoms with Crippen LogP contribution in [0.5, 0.6) is 5.75 Å². The van der Waals surface area contributed by atoms with Gasteiger partial charge in [0, 0.05) is 24.7 Å². The van der Waals surface area contributed by atoms with Crippen LogP contribution in [0.4, 0.5) is 4.39 Å². The topological polar surface area (TPSA) is 67.4 Å². The van der Waals surface area contributed by atoms with Crippen molar-refractivity contribution in [1.29, 1.82) is 0 Å². The minimum Gasteiger partial charge on any atom is -0.484 e. The Bertz CT molecular complexity index is 937. The Morgan fingerprint density at radius 3 is 2.39 bits per heavy atom. The van der Waals surface area contributed by atoms with Gasteiger partial charge in [-0.2, -0.15) is 0 Å². The number of rotatable bonds is 9. The number of hydrogen-bond acceptors (Lipinski definition) is 3. The third kappa shape index (κ3) is 8.06. The maximum Gasteiger partial charge on any atom is 0.257 e. The van der Waals surface area contributed by atoms with E-state index in [-0.39, 0.29) is 41.2 Å². The molecule has 2 aromatic carbocycles. The molecular weight excluding hydrogens is 419 g/mol. The minimum absolute atomic E-state index is 0.0180. The molecule has 0 heterocycles. The minimum atomic E-state index is -0.618. The molecule has 7 heteroatoms. The fourth-order valence-corrected chi connectivity index (χ4v) is 2.78. The summed E-state index contributed by atoms with van der Waals surface area (Å²) in [7, 11) is 0. The Balaban J connectivity index is 1.67. The van der Waals surface area contributed by atoms with Gasteiger partial charge < -0.3 is 15.4 Å². The van der Waals surface area contributed by atoms with Crippen molar-refractivity contribution >= 4 is 23.4 Å². The first-order valence-corrected chi connectivity index (χ1v) is 10.3. The molecule has 0 aliphatic carbocycles. The number of halogens is 2. The fourth-order valence-electron chi connectivity index (χ4n) is 2.66. The summed E-state index contributed by atoms with van der Waals surface area (Å²) in [6.45, 7) is 10.6. The van der Waals surface area contributed by atoms with Crippen molar-refractivity contribution in [2.24, 2.45) is 0 Å². The monoisotopic (exact) mass is 446 g/mol. The zero-order valence-corrected chi connectivity index (χ0v) is 18.8. The molecule has 0 aliphatic rings. The van der Waals surface area contributed by atoms with Crippen LogP contribution in [0.3, 0.4) is 0 Å². The van der Waals surface area contributed by atoms with Crippen molar-refractivity contribution in [2.75, 3.05) is 13.2 Å². The standard InChI is InChI=1S/C24H28ClFN2O3/c1-16(23(30)28-14-17-5-7-18(8-6-17)24(2,3)4)11-12-27-22(29)15-31-19-9-10-20(25)21(26)13-19/h5-10,13H,1,11-12,14-15H2,2-4H3,(H,27,29)(H,28,30). The molecule has 2 N–H and O–H groups in total. The Kier molecular flexibility index (Phi) is 8.63. The normalized spacial score (nSPS) is 11.0. The summed E-state index contributed by atoms with van der Waals surface area (Å²) < 4.78 is 18.6. The van der Waals surface area contributed by atoms with Gasteiger partial charge in [-0.1, -0.05) is 63.2 Å². The van der Waals surface area contributed by atoms with Gasteiger partial charge in [0.05, 0.1) is 5.02 Å². The van der Waals surface area contributed by atoms with Crippen LogP contribution in [0.2, 0.25) is 5.02 Å². The van der Waals surface area contributed by atoms with Crippen LogP contribution in [0.25, 0.3) is 0 Å². The van der Waals surface area contributed by atoms with Crippen molar-refractivity contribution in [2.45, 2.75) is 39.2 Å². The van der Waals surface area contributed by atoms with Crippen LogP contribution in [-0.2, 0) is 21.5 Å². The Morgan fingerprint density at radius 1 is 1.10 bits per heavy atom. The molecule has 5 nitrogen and oxygen atoms in total. The third-order valence-electron chi connectivity index (χ3n) is 4.60. The van der Waals surface area contributed by atoms with Gasteiger partial charge in [-0.05, 0) is 35.1 Å². The zero-order chi connectivity index (χ0) is 23.0. The molecule has 0 atom stereocenters. The van der Waals surface area contributed by atoms with E-state index in [2.05, 4.69) is 50.1 Å². The molecule has 0 unspecified atom stereocenters. The van der Waals surface area contributed by atoms with Gasteiger partial charge in [-0.3, -0.25) is 9.59 Å². The molecule has 0 aliphatic heterocycles. The van der Waals surface area contributed by atoms with Crippen LogP contribution in [-0.4, -0.2) is 25.0 Å². The second kappa shape index (κ2) is 11.0. The van der Waals surface area contributed by atoms with Gasteiger partial charge in [-0.25, -0.2) is 4.39 Å². The molecule has 166 valence electrons. The quantitative estimate of drug-likeness (QED) is 0.556. The second-order valence-corrected chi connectivity index (χ2v) is 8.60. The van der Waals surface area contributed by atoms with Gasteiger partial charge in [0.2, 0.25) is 5.91 Å². The predicted octanol–water partition coefficient (Wildman–Crippen LogP) is 4.53. The Labute approximate surface area is 187 Å². The van der Waals surface area contributed by atoms with E-state index >= 15 is 0 Å². The van der Waals surface area contributed by atoms with Crippen LogP contribution >= 0.6 is 11.6 Å². The summed E-state index contributed by atoms with van der Waals surface area (Å²) in [5, 5.41) is 5.45. The Morgan fingerprint density at radius 2 is 1.77 bits per heavy atom. The van der Waals surface area contributed by atoms with Crippen molar-refractivity contribution in [1.82, 2.24) is 10.6 Å². The highest BCUT2D eigenvalue weighted by molar-refractivity contribution is 6.30. The summed E-state index contributed by atoms with van der Waals surface area (Å²) in [6, 6.07) is 12.1.